The van der Waals surface area contributed by atoms with Crippen LogP contribution in [-0.4, -0.2) is 17.6 Å². The summed E-state index contributed by atoms with van der Waals surface area (Å²) in [4.78, 5) is 27.5. The number of nitrogens with one attached hydrogen (secondary N) is 1. The molecule has 0 bridgehead atoms. The van der Waals surface area contributed by atoms with Crippen LogP contribution in [0.4, 0.5) is 11.4 Å². The molecule has 1 N–H and O–H groups in total. The van der Waals surface area contributed by atoms with Crippen molar-refractivity contribution in [3.05, 3.63) is 81.5 Å². The normalized spacial score (nSPS) is 16.4. The first-order valence-electron chi connectivity index (χ1n) is 8.98. The van der Waals surface area contributed by atoms with Crippen LogP contribution < -0.4 is 10.2 Å². The van der Waals surface area contributed by atoms with E-state index in [1.54, 1.807) is 17.8 Å². The number of rotatable bonds is 4. The van der Waals surface area contributed by atoms with Crippen LogP contribution in [0, 0.1) is 13.8 Å². The Morgan fingerprint density at radius 3 is 2.57 bits per heavy atom. The van der Waals surface area contributed by atoms with Crippen molar-refractivity contribution in [1.82, 2.24) is 0 Å². The number of anilines is 2. The van der Waals surface area contributed by atoms with Gasteiger partial charge in [0, 0.05) is 11.4 Å². The van der Waals surface area contributed by atoms with Gasteiger partial charge >= 0.3 is 0 Å². The molecule has 0 radical (unpaired) electrons. The van der Waals surface area contributed by atoms with Crippen LogP contribution in [0.1, 0.15) is 31.7 Å². The van der Waals surface area contributed by atoms with Crippen LogP contribution in [0.3, 0.4) is 0 Å². The van der Waals surface area contributed by atoms with Crippen LogP contribution in [0.2, 0.25) is 0 Å². The van der Waals surface area contributed by atoms with Gasteiger partial charge in [0.2, 0.25) is 5.91 Å². The minimum absolute atomic E-state index is 0.104. The molecule has 1 aromatic heterocycles. The van der Waals surface area contributed by atoms with Gasteiger partial charge in [-0.25, -0.2) is 0 Å². The van der Waals surface area contributed by atoms with E-state index in [1.807, 2.05) is 66.6 Å². The standard InChI is InChI=1S/C22H20N2O2S2/c1-14-9-15(2)11-18(10-14)24-20(25)13-28-22(24)16-5-3-6-17(12-16)23-21(26)19-7-4-8-27-19/h3-12,22H,13H2,1-2H3,(H,23,26). The summed E-state index contributed by atoms with van der Waals surface area (Å²) < 4.78 is 0. The number of carbonyl (C=O) groups excluding carboxylic acids is 2. The van der Waals surface area contributed by atoms with E-state index < -0.39 is 0 Å². The third-order valence-corrected chi connectivity index (χ3v) is 6.61. The van der Waals surface area contributed by atoms with Crippen LogP contribution in [0.15, 0.2) is 60.0 Å². The van der Waals surface area contributed by atoms with Crippen LogP contribution >= 0.6 is 23.1 Å². The molecule has 28 heavy (non-hydrogen) atoms. The lowest BCUT2D eigenvalue weighted by atomic mass is 10.1. The SMILES string of the molecule is Cc1cc(C)cc(N2C(=O)CSC2c2cccc(NC(=O)c3cccs3)c2)c1. The highest BCUT2D eigenvalue weighted by atomic mass is 32.2. The van der Waals surface area contributed by atoms with E-state index in [0.717, 1.165) is 28.1 Å². The maximum Gasteiger partial charge on any atom is 0.265 e. The summed E-state index contributed by atoms with van der Waals surface area (Å²) in [5.74, 6) is 0.435. The summed E-state index contributed by atoms with van der Waals surface area (Å²) in [7, 11) is 0. The molecule has 1 atom stereocenters. The van der Waals surface area contributed by atoms with E-state index >= 15 is 0 Å². The van der Waals surface area contributed by atoms with Gasteiger partial charge in [-0.15, -0.1) is 23.1 Å². The number of aryl methyl sites for hydroxylation is 2. The zero-order chi connectivity index (χ0) is 19.7. The number of thioether (sulfide) groups is 1. The van der Waals surface area contributed by atoms with Crippen LogP contribution in [0.25, 0.3) is 0 Å². The quantitative estimate of drug-likeness (QED) is 0.629. The lowest BCUT2D eigenvalue weighted by molar-refractivity contribution is -0.115. The Balaban J connectivity index is 1.62. The predicted octanol–water partition coefficient (Wildman–Crippen LogP) is 5.40. The Bertz CT molecular complexity index is 1010. The predicted molar refractivity (Wildman–Crippen MR) is 117 cm³/mol. The molecule has 4 rings (SSSR count). The van der Waals surface area contributed by atoms with E-state index in [9.17, 15) is 9.59 Å². The second kappa shape index (κ2) is 7.81. The Morgan fingerprint density at radius 2 is 1.86 bits per heavy atom. The number of hydrogen-bond donors (Lipinski definition) is 1. The smallest absolute Gasteiger partial charge is 0.265 e. The fourth-order valence-electron chi connectivity index (χ4n) is 3.41. The molecule has 1 saturated heterocycles. The van der Waals surface area contributed by atoms with Gasteiger partial charge < -0.3 is 5.32 Å². The monoisotopic (exact) mass is 408 g/mol. The molecule has 2 heterocycles. The second-order valence-corrected chi connectivity index (χ2v) is 8.85. The van der Waals surface area contributed by atoms with Crippen molar-refractivity contribution < 1.29 is 9.59 Å². The minimum Gasteiger partial charge on any atom is -0.321 e. The summed E-state index contributed by atoms with van der Waals surface area (Å²) >= 11 is 3.02. The highest BCUT2D eigenvalue weighted by molar-refractivity contribution is 8.00. The molecule has 2 amide bonds. The largest absolute Gasteiger partial charge is 0.321 e. The van der Waals surface area contributed by atoms with Gasteiger partial charge in [-0.2, -0.15) is 0 Å². The maximum absolute atomic E-state index is 12.6. The van der Waals surface area contributed by atoms with Gasteiger partial charge in [-0.3, -0.25) is 14.5 Å². The van der Waals surface area contributed by atoms with Crippen molar-refractivity contribution in [3.8, 4) is 0 Å². The molecule has 142 valence electrons. The molecule has 0 spiro atoms. The first kappa shape index (κ1) is 18.8. The Labute approximate surface area is 172 Å². The molecule has 1 aliphatic heterocycles. The number of amides is 2. The number of benzene rings is 2. The number of hydrogen-bond acceptors (Lipinski definition) is 4. The third kappa shape index (κ3) is 3.84. The van der Waals surface area contributed by atoms with Gasteiger partial charge in [0.1, 0.15) is 5.37 Å². The van der Waals surface area contributed by atoms with Crippen LogP contribution in [-0.2, 0) is 4.79 Å². The fourth-order valence-corrected chi connectivity index (χ4v) is 5.20. The van der Waals surface area contributed by atoms with Crippen molar-refractivity contribution in [3.63, 3.8) is 0 Å². The Morgan fingerprint density at radius 1 is 1.07 bits per heavy atom. The molecular formula is C22H20N2O2S2. The van der Waals surface area contributed by atoms with E-state index in [0.29, 0.717) is 10.6 Å². The van der Waals surface area contributed by atoms with Gasteiger partial charge in [-0.05, 0) is 66.2 Å². The molecule has 1 aliphatic rings. The van der Waals surface area contributed by atoms with Crippen molar-refractivity contribution in [2.75, 3.05) is 16.0 Å². The number of nitrogens with zero attached hydrogens (tertiary/aromatic N) is 1. The zero-order valence-electron chi connectivity index (χ0n) is 15.6. The summed E-state index contributed by atoms with van der Waals surface area (Å²) in [6, 6.07) is 17.6. The molecule has 0 saturated carbocycles. The Hall–Kier alpha value is -2.57. The van der Waals surface area contributed by atoms with Crippen molar-refractivity contribution in [2.45, 2.75) is 19.2 Å². The van der Waals surface area contributed by atoms with Crippen molar-refractivity contribution >= 4 is 46.3 Å². The summed E-state index contributed by atoms with van der Waals surface area (Å²) in [6.45, 7) is 4.08. The Kier molecular flexibility index (Phi) is 5.24. The fraction of sp³-hybridized carbons (Fsp3) is 0.182. The minimum atomic E-state index is -0.117. The molecule has 1 fully saturated rings. The average Bonchev–Trinajstić information content (AvgIpc) is 3.31. The third-order valence-electron chi connectivity index (χ3n) is 4.53. The molecule has 4 nitrogen and oxygen atoms in total. The van der Waals surface area contributed by atoms with Crippen molar-refractivity contribution in [2.24, 2.45) is 0 Å². The molecule has 0 aliphatic carbocycles. The molecule has 1 unspecified atom stereocenters. The molecule has 3 aromatic rings. The zero-order valence-corrected chi connectivity index (χ0v) is 17.3. The molecular weight excluding hydrogens is 388 g/mol. The van der Waals surface area contributed by atoms with Gasteiger partial charge in [0.15, 0.2) is 0 Å². The topological polar surface area (TPSA) is 49.4 Å². The highest BCUT2D eigenvalue weighted by Crippen LogP contribution is 2.42. The number of thiophene rings is 1. The first-order chi connectivity index (χ1) is 13.5. The summed E-state index contributed by atoms with van der Waals surface area (Å²) in [5.41, 5.74) is 4.92. The van der Waals surface area contributed by atoms with Gasteiger partial charge in [0.25, 0.3) is 5.91 Å². The van der Waals surface area contributed by atoms with E-state index in [4.69, 9.17) is 0 Å². The van der Waals surface area contributed by atoms with E-state index in [-0.39, 0.29) is 17.2 Å². The first-order valence-corrected chi connectivity index (χ1v) is 10.9. The van der Waals surface area contributed by atoms with Gasteiger partial charge in [0.05, 0.1) is 10.6 Å². The average molecular weight is 409 g/mol. The number of carbonyl (C=O) groups is 2. The summed E-state index contributed by atoms with van der Waals surface area (Å²) in [6.07, 6.45) is 0. The van der Waals surface area contributed by atoms with Crippen LogP contribution in [0.5, 0.6) is 0 Å². The second-order valence-electron chi connectivity index (χ2n) is 6.83. The molecule has 6 heteroatoms. The highest BCUT2D eigenvalue weighted by Gasteiger charge is 2.34. The van der Waals surface area contributed by atoms with Gasteiger partial charge in [-0.1, -0.05) is 24.3 Å². The van der Waals surface area contributed by atoms with E-state index in [1.165, 1.54) is 11.3 Å². The van der Waals surface area contributed by atoms with Crippen molar-refractivity contribution in [1.29, 1.82) is 0 Å². The lowest BCUT2D eigenvalue weighted by Crippen LogP contribution is -2.28. The molecule has 2 aromatic carbocycles. The summed E-state index contributed by atoms with van der Waals surface area (Å²) in [5, 5.41) is 4.73. The van der Waals surface area contributed by atoms with E-state index in [2.05, 4.69) is 11.4 Å². The maximum atomic E-state index is 12.6. The lowest BCUT2D eigenvalue weighted by Gasteiger charge is -2.25.